The van der Waals surface area contributed by atoms with Crippen LogP contribution in [0.5, 0.6) is 11.6 Å². The minimum absolute atomic E-state index is 0.0202. The minimum atomic E-state index is -4.03. The number of hydrogen-bond donors (Lipinski definition) is 3. The van der Waals surface area contributed by atoms with Gasteiger partial charge in [-0.2, -0.15) is 0 Å². The lowest BCUT2D eigenvalue weighted by atomic mass is 9.85. The van der Waals surface area contributed by atoms with Gasteiger partial charge in [-0.1, -0.05) is 81.3 Å². The number of pyridine rings is 1. The largest absolute Gasteiger partial charge is 0.492 e. The van der Waals surface area contributed by atoms with Crippen LogP contribution in [0.25, 0.3) is 10.9 Å². The number of halogens is 1. The molecule has 8 atom stereocenters. The lowest BCUT2D eigenvalue weighted by molar-refractivity contribution is -0.142. The maximum Gasteiger partial charge on any atom is 0.408 e. The molecule has 346 valence electrons. The van der Waals surface area contributed by atoms with Crippen molar-refractivity contribution in [1.29, 1.82) is 0 Å². The third-order valence-electron chi connectivity index (χ3n) is 13.5. The fourth-order valence-electron chi connectivity index (χ4n) is 9.09. The van der Waals surface area contributed by atoms with Crippen molar-refractivity contribution in [2.45, 2.75) is 144 Å². The molecule has 4 amide bonds. The fourth-order valence-corrected chi connectivity index (χ4v) is 10.9. The standard InChI is InChI=1S/C46H65IN6O9S/c1-7-33(47)37(41(55)51-63(58,59)46(6)20-21-46)49-40(54)35-24-30-26-53(35)43(56)39(45(3,4)5)50-44(57)62-36-23-29(36)16-10-9-11-18-32-38(60-27-28-15-14-22-52(8-2)25-28)31-17-12-13-19-34(31)48-42(32)61-30/h7,12-13,17,19,28-30,33,35-37,39H,1,8-11,14-16,18,20-27H2,2-6H3,(H,49,54)(H,50,57)(H,51,55)/t28?,29-,30-,33+,35+,36-,37?,39-/m1/s1. The average molecular weight is 1010 g/mol. The Labute approximate surface area is 385 Å². The number of aromatic nitrogens is 1. The number of alkyl halides is 1. The van der Waals surface area contributed by atoms with Crippen molar-refractivity contribution in [2.24, 2.45) is 17.3 Å². The molecule has 2 aromatic rings. The number of para-hydroxylation sites is 1. The first-order chi connectivity index (χ1) is 29.9. The van der Waals surface area contributed by atoms with Crippen LogP contribution in [0.15, 0.2) is 36.9 Å². The van der Waals surface area contributed by atoms with E-state index in [9.17, 15) is 27.6 Å². The van der Waals surface area contributed by atoms with Crippen LogP contribution < -0.4 is 24.8 Å². The van der Waals surface area contributed by atoms with Crippen LogP contribution >= 0.6 is 22.6 Å². The molecule has 17 heteroatoms. The van der Waals surface area contributed by atoms with E-state index < -0.39 is 72.2 Å². The quantitative estimate of drug-likeness (QED) is 0.140. The van der Waals surface area contributed by atoms with Gasteiger partial charge in [0.2, 0.25) is 27.7 Å². The van der Waals surface area contributed by atoms with Gasteiger partial charge < -0.3 is 34.6 Å². The Bertz CT molecular complexity index is 2160. The number of piperidine rings is 1. The molecule has 4 fully saturated rings. The number of ether oxygens (including phenoxy) is 3. The smallest absolute Gasteiger partial charge is 0.408 e. The number of amides is 4. The first-order valence-corrected chi connectivity index (χ1v) is 25.5. The predicted molar refractivity (Wildman–Crippen MR) is 248 cm³/mol. The number of hydrogen-bond acceptors (Lipinski definition) is 11. The molecule has 1 aromatic carbocycles. The van der Waals surface area contributed by atoms with E-state index >= 15 is 0 Å². The summed E-state index contributed by atoms with van der Waals surface area (Å²) in [5, 5.41) is 6.50. The van der Waals surface area contributed by atoms with Crippen LogP contribution in [-0.4, -0.2) is 119 Å². The molecule has 5 aliphatic rings. The number of rotatable bonds is 11. The van der Waals surface area contributed by atoms with Gasteiger partial charge in [-0.05, 0) is 94.8 Å². The zero-order valence-corrected chi connectivity index (χ0v) is 40.3. The number of benzene rings is 1. The zero-order valence-electron chi connectivity index (χ0n) is 37.3. The molecule has 63 heavy (non-hydrogen) atoms. The van der Waals surface area contributed by atoms with Crippen LogP contribution in [0.2, 0.25) is 0 Å². The van der Waals surface area contributed by atoms with Gasteiger partial charge in [0.1, 0.15) is 36.1 Å². The summed E-state index contributed by atoms with van der Waals surface area (Å²) in [6.07, 6.45) is 7.88. The van der Waals surface area contributed by atoms with Gasteiger partial charge in [0, 0.05) is 24.3 Å². The number of fused-ring (bicyclic) bond motifs is 5. The van der Waals surface area contributed by atoms with Crippen molar-refractivity contribution in [3.63, 3.8) is 0 Å². The summed E-state index contributed by atoms with van der Waals surface area (Å²) >= 11 is 1.93. The Kier molecular flexibility index (Phi) is 14.6. The molecule has 0 radical (unpaired) electrons. The number of carbonyl (C=O) groups is 4. The topological polar surface area (TPSA) is 186 Å². The van der Waals surface area contributed by atoms with Gasteiger partial charge in [0.05, 0.1) is 32.9 Å². The molecule has 0 spiro atoms. The molecule has 3 aliphatic heterocycles. The maximum absolute atomic E-state index is 14.9. The molecule has 4 heterocycles. The minimum Gasteiger partial charge on any atom is -0.492 e. The van der Waals surface area contributed by atoms with E-state index in [1.807, 2.05) is 67.6 Å². The summed E-state index contributed by atoms with van der Waals surface area (Å²) in [5.74, 6) is -0.372. The number of likely N-dealkylation sites (tertiary alicyclic amines) is 1. The second-order valence-electron chi connectivity index (χ2n) is 19.5. The highest BCUT2D eigenvalue weighted by Crippen LogP contribution is 2.43. The number of nitrogens with one attached hydrogen (secondary N) is 3. The van der Waals surface area contributed by atoms with E-state index in [-0.39, 0.29) is 25.0 Å². The van der Waals surface area contributed by atoms with Gasteiger partial charge in [-0.3, -0.25) is 19.1 Å². The molecule has 2 saturated heterocycles. The number of alkyl carbamates (subject to hydrolysis) is 1. The summed E-state index contributed by atoms with van der Waals surface area (Å²) in [6, 6.07) is 4.26. The predicted octanol–water partition coefficient (Wildman–Crippen LogP) is 5.81. The van der Waals surface area contributed by atoms with E-state index in [1.54, 1.807) is 6.92 Å². The van der Waals surface area contributed by atoms with E-state index in [1.165, 1.54) is 11.0 Å². The second-order valence-corrected chi connectivity index (χ2v) is 23.1. The highest BCUT2D eigenvalue weighted by atomic mass is 127. The molecule has 2 bridgehead atoms. The third-order valence-corrected chi connectivity index (χ3v) is 16.9. The number of nitrogens with zero attached hydrogens (tertiary/aromatic N) is 3. The molecular weight excluding hydrogens is 940 g/mol. The highest BCUT2D eigenvalue weighted by molar-refractivity contribution is 14.1. The van der Waals surface area contributed by atoms with Crippen LogP contribution in [0.1, 0.15) is 104 Å². The number of carbonyl (C=O) groups excluding carboxylic acids is 4. The third kappa shape index (κ3) is 11.0. The van der Waals surface area contributed by atoms with Crippen molar-refractivity contribution in [3.8, 4) is 11.6 Å². The van der Waals surface area contributed by atoms with Gasteiger partial charge >= 0.3 is 6.09 Å². The lowest BCUT2D eigenvalue weighted by Gasteiger charge is -2.35. The molecule has 2 unspecified atom stereocenters. The van der Waals surface area contributed by atoms with Crippen molar-refractivity contribution in [3.05, 3.63) is 42.5 Å². The molecule has 7 rings (SSSR count). The van der Waals surface area contributed by atoms with Crippen molar-refractivity contribution in [2.75, 3.05) is 32.8 Å². The Morgan fingerprint density at radius 3 is 2.57 bits per heavy atom. The normalized spacial score (nSPS) is 27.7. The van der Waals surface area contributed by atoms with Crippen molar-refractivity contribution >= 4 is 67.3 Å². The number of sulfonamides is 1. The first kappa shape index (κ1) is 47.3. The van der Waals surface area contributed by atoms with E-state index in [0.29, 0.717) is 43.2 Å². The van der Waals surface area contributed by atoms with Crippen LogP contribution in [0, 0.1) is 17.3 Å². The molecular formula is C46H65IN6O9S. The van der Waals surface area contributed by atoms with E-state index in [0.717, 1.165) is 81.3 Å². The lowest BCUT2D eigenvalue weighted by Crippen LogP contribution is -2.60. The summed E-state index contributed by atoms with van der Waals surface area (Å²) < 4.78 is 46.2. The molecule has 2 saturated carbocycles. The van der Waals surface area contributed by atoms with Gasteiger partial charge in [0.25, 0.3) is 5.91 Å². The monoisotopic (exact) mass is 1000 g/mol. The van der Waals surface area contributed by atoms with Crippen molar-refractivity contribution in [1.82, 2.24) is 30.1 Å². The zero-order chi connectivity index (χ0) is 45.3. The fraction of sp³-hybridized carbons (Fsp3) is 0.674. The van der Waals surface area contributed by atoms with Gasteiger partial charge in [-0.25, -0.2) is 18.2 Å². The Morgan fingerprint density at radius 1 is 1.10 bits per heavy atom. The van der Waals surface area contributed by atoms with Crippen molar-refractivity contribution < 1.29 is 41.8 Å². The van der Waals surface area contributed by atoms with E-state index in [2.05, 4.69) is 33.8 Å². The summed E-state index contributed by atoms with van der Waals surface area (Å²) in [7, 11) is -4.03. The SMILES string of the molecule is C=C[C@H](I)C(NC(=O)[C@@H]1C[C@@H]2CN1C(=O)[C@H](C(C)(C)C)NC(=O)O[C@@H]1C[C@H]1CCCCCc1c(nc3ccccc3c1OCC1CCCN(CC)C1)O2)C(=O)NS(=O)(=O)C1(C)CC1. The molecule has 2 aliphatic carbocycles. The second kappa shape index (κ2) is 19.4. The van der Waals surface area contributed by atoms with Crippen LogP contribution in [-0.2, 0) is 35.6 Å². The summed E-state index contributed by atoms with van der Waals surface area (Å²) in [5.41, 5.74) is 0.735. The Hall–Kier alpha value is -3.71. The van der Waals surface area contributed by atoms with Crippen LogP contribution in [0.3, 0.4) is 0 Å². The molecule has 1 aromatic heterocycles. The van der Waals surface area contributed by atoms with E-state index in [4.69, 9.17) is 19.2 Å². The summed E-state index contributed by atoms with van der Waals surface area (Å²) in [6.45, 7) is 16.6. The molecule has 15 nitrogen and oxygen atoms in total. The average Bonchev–Trinajstić information content (AvgIpc) is 4.14. The van der Waals surface area contributed by atoms with Crippen LogP contribution in [0.4, 0.5) is 4.79 Å². The molecule has 3 N–H and O–H groups in total. The van der Waals surface area contributed by atoms with Gasteiger partial charge in [0.15, 0.2) is 0 Å². The summed E-state index contributed by atoms with van der Waals surface area (Å²) in [4.78, 5) is 65.5. The maximum atomic E-state index is 14.9. The van der Waals surface area contributed by atoms with Gasteiger partial charge in [-0.15, -0.1) is 6.58 Å². The first-order valence-electron chi connectivity index (χ1n) is 22.8. The Balaban J connectivity index is 1.24. The highest BCUT2D eigenvalue weighted by Gasteiger charge is 2.52. The Morgan fingerprint density at radius 2 is 1.86 bits per heavy atom.